The maximum Gasteiger partial charge on any atom is 0.269 e. The van der Waals surface area contributed by atoms with E-state index < -0.39 is 20.0 Å². The molecule has 2 aromatic carbocycles. The highest BCUT2D eigenvalue weighted by molar-refractivity contribution is 7.90. The number of carbonyl (C=O) groups is 1. The molecule has 0 amide bonds. The second-order valence-electron chi connectivity index (χ2n) is 17.6. The molecule has 8 aromatic heterocycles. The van der Waals surface area contributed by atoms with E-state index in [2.05, 4.69) is 45.6 Å². The Morgan fingerprint density at radius 1 is 0.588 bits per heavy atom. The van der Waals surface area contributed by atoms with Gasteiger partial charge in [0.15, 0.2) is 28.9 Å². The second-order valence-corrected chi connectivity index (χ2v) is 21.2. The Kier molecular flexibility index (Phi) is 10.4. The van der Waals surface area contributed by atoms with Crippen LogP contribution in [0.1, 0.15) is 101 Å². The van der Waals surface area contributed by atoms with E-state index in [1.165, 1.54) is 20.3 Å². The molecule has 0 saturated heterocycles. The maximum absolute atomic E-state index is 13.3. The number of aromatic nitrogens is 12. The summed E-state index contributed by atoms with van der Waals surface area (Å²) in [7, 11) is -7.60. The summed E-state index contributed by atoms with van der Waals surface area (Å²) in [4.78, 5) is 20.3. The molecule has 4 atom stereocenters. The molecule has 20 heteroatoms. The standard InChI is InChI=1S/C24H21N7O2S.C24H22N6O3S/c1-16-2-6-20(7-3-16)34(32,33)30-11-9-21-24(30)26-14-22-27-28-23(31(21)22)18-4-5-19(12-18)29-10-8-17(13-25)15-29;1-16-2-6-20(7-3-16)34(32,33)29-11-9-21-24(29)25-13-22-26-27-23(30(21)22)18-4-5-19(12-18)28-10-8-17(14-28)15-31/h2-3,6-11,14-15,18-19H,4-5,12H2,1H3;2-3,6-11,13-15,18-19H,4-5,12H2,1H3/t2*18-,19+/m11/s1. The van der Waals surface area contributed by atoms with E-state index >= 15 is 0 Å². The van der Waals surface area contributed by atoms with Crippen LogP contribution in [-0.2, 0) is 20.0 Å². The molecular weight excluding hydrogens is 903 g/mol. The van der Waals surface area contributed by atoms with Crippen molar-refractivity contribution in [2.45, 2.75) is 86.1 Å². The predicted molar refractivity (Wildman–Crippen MR) is 250 cm³/mol. The quantitative estimate of drug-likeness (QED) is 0.128. The first kappa shape index (κ1) is 42.8. The maximum atomic E-state index is 13.3. The fourth-order valence-electron chi connectivity index (χ4n) is 9.83. The van der Waals surface area contributed by atoms with Crippen molar-refractivity contribution in [1.29, 1.82) is 5.26 Å². The number of hydrogen-bond acceptors (Lipinski definition) is 12. The van der Waals surface area contributed by atoms with Gasteiger partial charge in [0.05, 0.1) is 38.8 Å². The number of aryl methyl sites for hydroxylation is 2. The molecule has 18 nitrogen and oxygen atoms in total. The highest BCUT2D eigenvalue weighted by Crippen LogP contribution is 2.42. The summed E-state index contributed by atoms with van der Waals surface area (Å²) in [5.41, 5.74) is 6.46. The van der Waals surface area contributed by atoms with Crippen LogP contribution in [-0.4, -0.2) is 79.4 Å². The topological polar surface area (TPSA) is 215 Å². The first-order chi connectivity index (χ1) is 32.9. The molecule has 0 unspecified atom stereocenters. The summed E-state index contributed by atoms with van der Waals surface area (Å²) in [6, 6.07) is 23.4. The third-order valence-electron chi connectivity index (χ3n) is 13.4. The molecule has 0 N–H and O–H groups in total. The van der Waals surface area contributed by atoms with Crippen molar-refractivity contribution < 1.29 is 21.6 Å². The predicted octanol–water partition coefficient (Wildman–Crippen LogP) is 7.55. The fraction of sp³-hybridized carbons (Fsp3) is 0.250. The molecule has 8 heterocycles. The lowest BCUT2D eigenvalue weighted by molar-refractivity contribution is 0.112. The largest absolute Gasteiger partial charge is 0.350 e. The second kappa shape index (κ2) is 16.5. The van der Waals surface area contributed by atoms with E-state index in [-0.39, 0.29) is 33.7 Å². The van der Waals surface area contributed by atoms with Crippen LogP contribution in [0.15, 0.2) is 132 Å². The number of benzene rings is 2. The van der Waals surface area contributed by atoms with E-state index in [1.807, 2.05) is 59.6 Å². The molecule has 12 rings (SSSR count). The van der Waals surface area contributed by atoms with Crippen LogP contribution >= 0.6 is 0 Å². The third-order valence-corrected chi connectivity index (χ3v) is 16.7. The van der Waals surface area contributed by atoms with Gasteiger partial charge in [-0.2, -0.15) is 5.26 Å². The van der Waals surface area contributed by atoms with Crippen molar-refractivity contribution in [3.05, 3.63) is 156 Å². The van der Waals surface area contributed by atoms with Gasteiger partial charge in [-0.3, -0.25) is 13.6 Å². The highest BCUT2D eigenvalue weighted by Gasteiger charge is 2.33. The SMILES string of the molecule is Cc1ccc(S(=O)(=O)n2ccc3c2ncc2nnc([C@@H]4CC[C@H](n5ccc(C#N)c5)C4)n23)cc1.Cc1ccc(S(=O)(=O)n2ccc3c2ncc2nnc([C@@H]4CC[C@H](n5ccc(C=O)c5)C4)n23)cc1. The molecule has 68 heavy (non-hydrogen) atoms. The van der Waals surface area contributed by atoms with Gasteiger partial charge in [-0.25, -0.2) is 34.7 Å². The van der Waals surface area contributed by atoms with Crippen LogP contribution in [0.25, 0.3) is 33.6 Å². The Morgan fingerprint density at radius 3 is 1.50 bits per heavy atom. The van der Waals surface area contributed by atoms with Crippen molar-refractivity contribution >= 4 is 60.0 Å². The minimum Gasteiger partial charge on any atom is -0.350 e. The van der Waals surface area contributed by atoms with Gasteiger partial charge in [-0.15, -0.1) is 20.4 Å². The van der Waals surface area contributed by atoms with Gasteiger partial charge in [-0.05, 0) is 101 Å². The van der Waals surface area contributed by atoms with Gasteiger partial charge in [0.25, 0.3) is 20.0 Å². The summed E-state index contributed by atoms with van der Waals surface area (Å²) >= 11 is 0. The zero-order valence-corrected chi connectivity index (χ0v) is 38.5. The number of aldehydes is 1. The van der Waals surface area contributed by atoms with Crippen LogP contribution in [0, 0.1) is 25.2 Å². The molecule has 0 radical (unpaired) electrons. The number of nitrogens with zero attached hydrogens (tertiary/aromatic N) is 13. The molecule has 10 aromatic rings. The number of hydrogen-bond donors (Lipinski definition) is 0. The van der Waals surface area contributed by atoms with Gasteiger partial charge in [0.2, 0.25) is 0 Å². The molecular formula is C48H43N13O5S2. The van der Waals surface area contributed by atoms with Crippen molar-refractivity contribution in [3.8, 4) is 6.07 Å². The monoisotopic (exact) mass is 945 g/mol. The Balaban J connectivity index is 0.000000149. The number of fused-ring (bicyclic) bond motifs is 6. The Morgan fingerprint density at radius 2 is 1.06 bits per heavy atom. The lowest BCUT2D eigenvalue weighted by Crippen LogP contribution is -2.13. The van der Waals surface area contributed by atoms with Crippen LogP contribution in [0.3, 0.4) is 0 Å². The Labute approximate surface area is 389 Å². The number of rotatable bonds is 9. The van der Waals surface area contributed by atoms with E-state index in [9.17, 15) is 21.6 Å². The first-order valence-electron chi connectivity index (χ1n) is 22.2. The normalized spacial score (nSPS) is 18.7. The molecule has 2 aliphatic carbocycles. The van der Waals surface area contributed by atoms with Gasteiger partial charge in [0.1, 0.15) is 17.7 Å². The average molecular weight is 946 g/mol. The molecule has 0 spiro atoms. The number of carbonyl (C=O) groups excluding carboxylic acids is 1. The van der Waals surface area contributed by atoms with Gasteiger partial charge in [0, 0.05) is 66.7 Å². The summed E-state index contributed by atoms with van der Waals surface area (Å²) in [5.74, 6) is 1.93. The molecule has 0 bridgehead atoms. The van der Waals surface area contributed by atoms with Crippen LogP contribution in [0.4, 0.5) is 0 Å². The van der Waals surface area contributed by atoms with Crippen molar-refractivity contribution in [3.63, 3.8) is 0 Å². The Hall–Kier alpha value is -7.76. The number of nitriles is 1. The average Bonchev–Trinajstić information content (AvgIpc) is 4.19. The van der Waals surface area contributed by atoms with Crippen LogP contribution in [0.5, 0.6) is 0 Å². The van der Waals surface area contributed by atoms with Crippen molar-refractivity contribution in [2.24, 2.45) is 0 Å². The van der Waals surface area contributed by atoms with Gasteiger partial charge < -0.3 is 9.13 Å². The minimum absolute atomic E-state index is 0.157. The summed E-state index contributed by atoms with van der Waals surface area (Å²) in [6.45, 7) is 3.83. The zero-order chi connectivity index (χ0) is 46.9. The van der Waals surface area contributed by atoms with Crippen molar-refractivity contribution in [2.75, 3.05) is 0 Å². The van der Waals surface area contributed by atoms with E-state index in [0.29, 0.717) is 44.7 Å². The van der Waals surface area contributed by atoms with E-state index in [1.54, 1.807) is 73.1 Å². The molecule has 2 fully saturated rings. The summed E-state index contributed by atoms with van der Waals surface area (Å²) < 4.78 is 63.7. The zero-order valence-electron chi connectivity index (χ0n) is 36.8. The lowest BCUT2D eigenvalue weighted by atomic mass is 10.1. The van der Waals surface area contributed by atoms with Crippen LogP contribution < -0.4 is 0 Å². The first-order valence-corrected chi connectivity index (χ1v) is 25.1. The highest BCUT2D eigenvalue weighted by atomic mass is 32.2. The van der Waals surface area contributed by atoms with E-state index in [4.69, 9.17) is 5.26 Å². The van der Waals surface area contributed by atoms with Crippen molar-refractivity contribution in [1.82, 2.24) is 56.2 Å². The summed E-state index contributed by atoms with van der Waals surface area (Å²) in [5, 5.41) is 26.7. The summed E-state index contributed by atoms with van der Waals surface area (Å²) in [6.07, 6.45) is 20.2. The molecule has 2 saturated carbocycles. The minimum atomic E-state index is -3.80. The molecule has 342 valence electrons. The Bertz CT molecular complexity index is 3830. The molecule has 0 aliphatic heterocycles. The van der Waals surface area contributed by atoms with Gasteiger partial charge >= 0.3 is 0 Å². The smallest absolute Gasteiger partial charge is 0.269 e. The third kappa shape index (κ3) is 7.25. The van der Waals surface area contributed by atoms with Crippen LogP contribution in [0.2, 0.25) is 0 Å². The lowest BCUT2D eigenvalue weighted by Gasteiger charge is -2.13. The molecule has 2 aliphatic rings. The van der Waals surface area contributed by atoms with E-state index in [0.717, 1.165) is 67.6 Å². The fourth-order valence-corrected chi connectivity index (χ4v) is 12.4. The van der Waals surface area contributed by atoms with Gasteiger partial charge in [-0.1, -0.05) is 35.4 Å².